The minimum absolute atomic E-state index is 0.00594. The Morgan fingerprint density at radius 3 is 2.58 bits per heavy atom. The second kappa shape index (κ2) is 7.78. The molecule has 19 heavy (non-hydrogen) atoms. The van der Waals surface area contributed by atoms with Crippen LogP contribution in [0.4, 0.5) is 10.1 Å². The fourth-order valence-electron chi connectivity index (χ4n) is 1.33. The summed E-state index contributed by atoms with van der Waals surface area (Å²) in [5, 5.41) is 2.66. The molecule has 0 spiro atoms. The number of anilines is 1. The topological polar surface area (TPSA) is 55.4 Å². The summed E-state index contributed by atoms with van der Waals surface area (Å²) in [4.78, 5) is 22.6. The van der Waals surface area contributed by atoms with Crippen molar-refractivity contribution in [3.63, 3.8) is 0 Å². The second-order valence-corrected chi connectivity index (χ2v) is 5.38. The predicted molar refractivity (Wildman–Crippen MR) is 73.6 cm³/mol. The van der Waals surface area contributed by atoms with Gasteiger partial charge in [0.2, 0.25) is 5.91 Å². The number of thioether (sulfide) groups is 1. The van der Waals surface area contributed by atoms with E-state index in [-0.39, 0.29) is 35.1 Å². The molecule has 104 valence electrons. The zero-order valence-electron chi connectivity index (χ0n) is 10.8. The van der Waals surface area contributed by atoms with E-state index < -0.39 is 0 Å². The van der Waals surface area contributed by atoms with Crippen LogP contribution in [0.15, 0.2) is 24.3 Å². The first-order chi connectivity index (χ1) is 9.01. The summed E-state index contributed by atoms with van der Waals surface area (Å²) < 4.78 is 17.2. The van der Waals surface area contributed by atoms with Gasteiger partial charge in [-0.2, -0.15) is 0 Å². The quantitative estimate of drug-likeness (QED) is 0.816. The maximum absolute atomic E-state index is 12.7. The van der Waals surface area contributed by atoms with E-state index in [2.05, 4.69) is 10.1 Å². The van der Waals surface area contributed by atoms with Gasteiger partial charge >= 0.3 is 5.97 Å². The van der Waals surface area contributed by atoms with Gasteiger partial charge in [0.05, 0.1) is 19.3 Å². The number of esters is 1. The Balaban J connectivity index is 2.31. The predicted octanol–water partition coefficient (Wildman–Crippen LogP) is 2.45. The molecule has 1 N–H and O–H groups in total. The van der Waals surface area contributed by atoms with Crippen LogP contribution in [0.2, 0.25) is 0 Å². The lowest BCUT2D eigenvalue weighted by Gasteiger charge is -2.10. The highest BCUT2D eigenvalue weighted by atomic mass is 32.2. The molecule has 0 aliphatic heterocycles. The highest BCUT2D eigenvalue weighted by Gasteiger charge is 2.11. The Labute approximate surface area is 115 Å². The van der Waals surface area contributed by atoms with Crippen LogP contribution >= 0.6 is 11.8 Å². The number of methoxy groups -OCH3 is 1. The van der Waals surface area contributed by atoms with Crippen molar-refractivity contribution in [2.75, 3.05) is 18.2 Å². The molecule has 4 nitrogen and oxygen atoms in total. The zero-order chi connectivity index (χ0) is 14.3. The molecule has 1 aromatic carbocycles. The summed E-state index contributed by atoms with van der Waals surface area (Å²) in [5.74, 6) is -0.596. The van der Waals surface area contributed by atoms with Gasteiger partial charge in [0.15, 0.2) is 0 Å². The molecule has 1 unspecified atom stereocenters. The molecule has 0 heterocycles. The molecule has 0 fully saturated rings. The molecular formula is C13H16FNO3S. The van der Waals surface area contributed by atoms with E-state index in [1.54, 1.807) is 0 Å². The Morgan fingerprint density at radius 2 is 2.00 bits per heavy atom. The monoisotopic (exact) mass is 285 g/mol. The van der Waals surface area contributed by atoms with Crippen molar-refractivity contribution in [3.8, 4) is 0 Å². The van der Waals surface area contributed by atoms with Gasteiger partial charge in [-0.1, -0.05) is 6.92 Å². The third-order valence-electron chi connectivity index (χ3n) is 2.31. The van der Waals surface area contributed by atoms with E-state index in [1.807, 2.05) is 6.92 Å². The Morgan fingerprint density at radius 1 is 1.37 bits per heavy atom. The fourth-order valence-corrected chi connectivity index (χ4v) is 2.09. The van der Waals surface area contributed by atoms with Crippen LogP contribution in [-0.2, 0) is 14.3 Å². The summed E-state index contributed by atoms with van der Waals surface area (Å²) in [5.41, 5.74) is 0.549. The minimum Gasteiger partial charge on any atom is -0.469 e. The van der Waals surface area contributed by atoms with Crippen molar-refractivity contribution in [2.24, 2.45) is 0 Å². The number of amides is 1. The van der Waals surface area contributed by atoms with Crippen molar-refractivity contribution in [2.45, 2.75) is 18.6 Å². The van der Waals surface area contributed by atoms with Crippen LogP contribution in [0.25, 0.3) is 0 Å². The Hall–Kier alpha value is -1.56. The highest BCUT2D eigenvalue weighted by Crippen LogP contribution is 2.15. The van der Waals surface area contributed by atoms with Crippen LogP contribution in [0, 0.1) is 5.82 Å². The van der Waals surface area contributed by atoms with Crippen LogP contribution in [0.5, 0.6) is 0 Å². The molecule has 1 rings (SSSR count). The van der Waals surface area contributed by atoms with Gasteiger partial charge in [-0.3, -0.25) is 9.59 Å². The summed E-state index contributed by atoms with van der Waals surface area (Å²) in [6.45, 7) is 1.85. The van der Waals surface area contributed by atoms with E-state index in [4.69, 9.17) is 0 Å². The molecule has 0 bridgehead atoms. The van der Waals surface area contributed by atoms with Gasteiger partial charge in [-0.25, -0.2) is 4.39 Å². The summed E-state index contributed by atoms with van der Waals surface area (Å²) >= 11 is 1.36. The number of carbonyl (C=O) groups excluding carboxylic acids is 2. The summed E-state index contributed by atoms with van der Waals surface area (Å²) in [6.07, 6.45) is 0.269. The SMILES string of the molecule is COC(=O)CC(C)SCC(=O)Nc1ccc(F)cc1. The van der Waals surface area contributed by atoms with Crippen molar-refractivity contribution in [3.05, 3.63) is 30.1 Å². The van der Waals surface area contributed by atoms with E-state index in [0.717, 1.165) is 0 Å². The maximum atomic E-state index is 12.7. The first kappa shape index (κ1) is 15.5. The fraction of sp³-hybridized carbons (Fsp3) is 0.385. The number of carbonyl (C=O) groups is 2. The van der Waals surface area contributed by atoms with Gasteiger partial charge in [0, 0.05) is 10.9 Å². The molecule has 0 aromatic heterocycles. The Bertz CT molecular complexity index is 436. The number of nitrogens with one attached hydrogen (secondary N) is 1. The molecule has 0 radical (unpaired) electrons. The smallest absolute Gasteiger partial charge is 0.306 e. The average Bonchev–Trinajstić information content (AvgIpc) is 2.39. The second-order valence-electron chi connectivity index (χ2n) is 3.96. The number of hydrogen-bond acceptors (Lipinski definition) is 4. The first-order valence-electron chi connectivity index (χ1n) is 5.75. The van der Waals surface area contributed by atoms with Crippen LogP contribution in [0.1, 0.15) is 13.3 Å². The van der Waals surface area contributed by atoms with E-state index in [9.17, 15) is 14.0 Å². The van der Waals surface area contributed by atoms with Gasteiger partial charge in [-0.15, -0.1) is 11.8 Å². The molecule has 0 aliphatic carbocycles. The van der Waals surface area contributed by atoms with Crippen LogP contribution in [0.3, 0.4) is 0 Å². The largest absolute Gasteiger partial charge is 0.469 e. The standard InChI is InChI=1S/C13H16FNO3S/c1-9(7-13(17)18-2)19-8-12(16)15-11-5-3-10(14)4-6-11/h3-6,9H,7-8H2,1-2H3,(H,15,16). The van der Waals surface area contributed by atoms with Crippen molar-refractivity contribution in [1.82, 2.24) is 0 Å². The lowest BCUT2D eigenvalue weighted by Crippen LogP contribution is -2.17. The van der Waals surface area contributed by atoms with E-state index >= 15 is 0 Å². The third-order valence-corrected chi connectivity index (χ3v) is 3.47. The Kier molecular flexibility index (Phi) is 6.35. The normalized spacial score (nSPS) is 11.7. The summed E-state index contributed by atoms with van der Waals surface area (Å²) in [6, 6.07) is 5.55. The lowest BCUT2D eigenvalue weighted by atomic mass is 10.3. The lowest BCUT2D eigenvalue weighted by molar-refractivity contribution is -0.140. The van der Waals surface area contributed by atoms with Gasteiger partial charge in [0.1, 0.15) is 5.82 Å². The highest BCUT2D eigenvalue weighted by molar-refractivity contribution is 8.00. The molecule has 0 saturated carbocycles. The minimum atomic E-state index is -0.348. The van der Waals surface area contributed by atoms with Crippen molar-refractivity contribution >= 4 is 29.3 Å². The van der Waals surface area contributed by atoms with Crippen molar-refractivity contribution < 1.29 is 18.7 Å². The van der Waals surface area contributed by atoms with Gasteiger partial charge < -0.3 is 10.1 Å². The molecule has 1 amide bonds. The molecule has 1 aromatic rings. The number of benzene rings is 1. The van der Waals surface area contributed by atoms with Gasteiger partial charge in [0.25, 0.3) is 0 Å². The van der Waals surface area contributed by atoms with Crippen LogP contribution < -0.4 is 5.32 Å². The number of hydrogen-bond donors (Lipinski definition) is 1. The number of rotatable bonds is 6. The summed E-state index contributed by atoms with van der Waals surface area (Å²) in [7, 11) is 1.33. The molecular weight excluding hydrogens is 269 g/mol. The number of ether oxygens (including phenoxy) is 1. The maximum Gasteiger partial charge on any atom is 0.306 e. The zero-order valence-corrected chi connectivity index (χ0v) is 11.6. The van der Waals surface area contributed by atoms with E-state index in [0.29, 0.717) is 5.69 Å². The molecule has 1 atom stereocenters. The molecule has 0 aliphatic rings. The van der Waals surface area contributed by atoms with E-state index in [1.165, 1.54) is 43.1 Å². The molecule has 0 saturated heterocycles. The number of halogens is 1. The average molecular weight is 285 g/mol. The van der Waals surface area contributed by atoms with Gasteiger partial charge in [-0.05, 0) is 24.3 Å². The van der Waals surface area contributed by atoms with Crippen LogP contribution in [-0.4, -0.2) is 30.0 Å². The first-order valence-corrected chi connectivity index (χ1v) is 6.80. The van der Waals surface area contributed by atoms with Crippen molar-refractivity contribution in [1.29, 1.82) is 0 Å². The molecule has 6 heteroatoms. The third kappa shape index (κ3) is 6.24.